The van der Waals surface area contributed by atoms with E-state index in [2.05, 4.69) is 10.9 Å². The summed E-state index contributed by atoms with van der Waals surface area (Å²) in [5.41, 5.74) is 1.54. The molecule has 0 spiro atoms. The molecule has 23 heavy (non-hydrogen) atoms. The zero-order chi connectivity index (χ0) is 16.4. The third-order valence-corrected chi connectivity index (χ3v) is 4.05. The Hall–Kier alpha value is -2.86. The molecule has 0 bridgehead atoms. The highest BCUT2D eigenvalue weighted by atomic mass is 16.5. The van der Waals surface area contributed by atoms with Gasteiger partial charge in [-0.3, -0.25) is 4.79 Å². The molecule has 0 saturated carbocycles. The average Bonchev–Trinajstić information content (AvgIpc) is 2.85. The third kappa shape index (κ3) is 2.64. The molecule has 2 atom stereocenters. The van der Waals surface area contributed by atoms with Gasteiger partial charge in [-0.15, -0.1) is 6.42 Å². The number of terminal acetylenes is 1. The summed E-state index contributed by atoms with van der Waals surface area (Å²) in [5.74, 6) is 2.18. The van der Waals surface area contributed by atoms with E-state index in [4.69, 9.17) is 11.2 Å². The van der Waals surface area contributed by atoms with Crippen LogP contribution in [0.1, 0.15) is 29.5 Å². The van der Waals surface area contributed by atoms with Gasteiger partial charge in [-0.25, -0.2) is 0 Å². The van der Waals surface area contributed by atoms with E-state index in [1.54, 1.807) is 6.92 Å². The summed E-state index contributed by atoms with van der Waals surface area (Å²) in [5, 5.41) is 0. The Morgan fingerprint density at radius 1 is 1.17 bits per heavy atom. The lowest BCUT2D eigenvalue weighted by atomic mass is 9.83. The standard InChI is InChI=1S/C20H17NO2/c1-4-17(15-10-6-5-7-11-15)20(3)19(22)21-18(23-20)16-12-8-9-14(2)13-16/h1,5-13,17H,2-3H3/t17-,20-/m1/s1. The molecule has 114 valence electrons. The molecule has 3 nitrogen and oxygen atoms in total. The van der Waals surface area contributed by atoms with Gasteiger partial charge < -0.3 is 4.74 Å². The Kier molecular flexibility index (Phi) is 3.75. The summed E-state index contributed by atoms with van der Waals surface area (Å²) in [6.45, 7) is 3.69. The number of aliphatic imine (C=N–C) groups is 1. The van der Waals surface area contributed by atoms with Crippen LogP contribution in [0.2, 0.25) is 0 Å². The largest absolute Gasteiger partial charge is 0.459 e. The summed E-state index contributed by atoms with van der Waals surface area (Å²) >= 11 is 0. The van der Waals surface area contributed by atoms with Crippen LogP contribution in [0.25, 0.3) is 0 Å². The van der Waals surface area contributed by atoms with Crippen molar-refractivity contribution in [2.45, 2.75) is 25.4 Å². The fourth-order valence-electron chi connectivity index (χ4n) is 2.77. The van der Waals surface area contributed by atoms with Crippen LogP contribution in [0.5, 0.6) is 0 Å². The van der Waals surface area contributed by atoms with Crippen molar-refractivity contribution in [3.8, 4) is 12.3 Å². The topological polar surface area (TPSA) is 38.7 Å². The third-order valence-electron chi connectivity index (χ3n) is 4.05. The molecule has 0 radical (unpaired) electrons. The molecule has 2 aromatic rings. The Morgan fingerprint density at radius 3 is 2.57 bits per heavy atom. The average molecular weight is 303 g/mol. The predicted octanol–water partition coefficient (Wildman–Crippen LogP) is 3.47. The summed E-state index contributed by atoms with van der Waals surface area (Å²) in [6, 6.07) is 17.2. The minimum atomic E-state index is -1.19. The second-order valence-corrected chi connectivity index (χ2v) is 5.81. The first-order valence-corrected chi connectivity index (χ1v) is 7.45. The molecule has 3 rings (SSSR count). The lowest BCUT2D eigenvalue weighted by Gasteiger charge is -2.28. The fraction of sp³-hybridized carbons (Fsp3) is 0.200. The van der Waals surface area contributed by atoms with Crippen LogP contribution in [-0.2, 0) is 9.53 Å². The predicted molar refractivity (Wildman–Crippen MR) is 90.2 cm³/mol. The van der Waals surface area contributed by atoms with E-state index in [0.29, 0.717) is 5.90 Å². The SMILES string of the molecule is C#C[C@H](c1ccccc1)[C@@]1(C)OC(c2cccc(C)c2)=NC1=O. The monoisotopic (exact) mass is 303 g/mol. The van der Waals surface area contributed by atoms with E-state index in [9.17, 15) is 4.79 Å². The maximum Gasteiger partial charge on any atom is 0.294 e. The number of carbonyl (C=O) groups excluding carboxylic acids is 1. The van der Waals surface area contributed by atoms with Crippen molar-refractivity contribution in [3.05, 3.63) is 71.3 Å². The van der Waals surface area contributed by atoms with E-state index in [0.717, 1.165) is 16.7 Å². The van der Waals surface area contributed by atoms with Crippen molar-refractivity contribution < 1.29 is 9.53 Å². The Labute approximate surface area is 136 Å². The second kappa shape index (κ2) is 5.73. The van der Waals surface area contributed by atoms with Crippen molar-refractivity contribution >= 4 is 11.8 Å². The molecule has 1 aliphatic heterocycles. The highest BCUT2D eigenvalue weighted by Gasteiger charge is 2.49. The number of nitrogens with zero attached hydrogens (tertiary/aromatic N) is 1. The molecular weight excluding hydrogens is 286 g/mol. The lowest BCUT2D eigenvalue weighted by Crippen LogP contribution is -2.40. The van der Waals surface area contributed by atoms with Crippen LogP contribution in [-0.4, -0.2) is 17.4 Å². The molecule has 1 heterocycles. The van der Waals surface area contributed by atoms with Gasteiger partial charge >= 0.3 is 0 Å². The second-order valence-electron chi connectivity index (χ2n) is 5.81. The smallest absolute Gasteiger partial charge is 0.294 e. The van der Waals surface area contributed by atoms with E-state index in [-0.39, 0.29) is 5.91 Å². The molecule has 0 saturated heterocycles. The zero-order valence-corrected chi connectivity index (χ0v) is 13.1. The maximum absolute atomic E-state index is 12.5. The van der Waals surface area contributed by atoms with Crippen molar-refractivity contribution in [3.63, 3.8) is 0 Å². The van der Waals surface area contributed by atoms with Crippen LogP contribution >= 0.6 is 0 Å². The van der Waals surface area contributed by atoms with Crippen LogP contribution in [0, 0.1) is 19.3 Å². The minimum Gasteiger partial charge on any atom is -0.459 e. The summed E-state index contributed by atoms with van der Waals surface area (Å²) in [7, 11) is 0. The molecular formula is C20H17NO2. The fourth-order valence-corrected chi connectivity index (χ4v) is 2.77. The number of carbonyl (C=O) groups is 1. The van der Waals surface area contributed by atoms with Gasteiger partial charge in [0, 0.05) is 5.56 Å². The van der Waals surface area contributed by atoms with Crippen molar-refractivity contribution in [1.82, 2.24) is 0 Å². The van der Waals surface area contributed by atoms with E-state index >= 15 is 0 Å². The van der Waals surface area contributed by atoms with Gasteiger partial charge in [0.05, 0.1) is 5.92 Å². The van der Waals surface area contributed by atoms with Crippen LogP contribution < -0.4 is 0 Å². The summed E-state index contributed by atoms with van der Waals surface area (Å²) in [4.78, 5) is 16.6. The molecule has 1 aliphatic rings. The van der Waals surface area contributed by atoms with E-state index in [1.165, 1.54) is 0 Å². The first-order chi connectivity index (χ1) is 11.0. The van der Waals surface area contributed by atoms with Gasteiger partial charge in [0.1, 0.15) is 0 Å². The Bertz CT molecular complexity index is 817. The molecule has 0 aliphatic carbocycles. The molecule has 0 fully saturated rings. The van der Waals surface area contributed by atoms with Gasteiger partial charge in [0.2, 0.25) is 11.5 Å². The number of rotatable bonds is 3. The normalized spacial score (nSPS) is 21.3. The molecule has 0 aromatic heterocycles. The van der Waals surface area contributed by atoms with Gasteiger partial charge in [0.25, 0.3) is 5.91 Å². The van der Waals surface area contributed by atoms with Gasteiger partial charge in [0.15, 0.2) is 0 Å². The van der Waals surface area contributed by atoms with Crippen molar-refractivity contribution in [1.29, 1.82) is 0 Å². The maximum atomic E-state index is 12.5. The van der Waals surface area contributed by atoms with Gasteiger partial charge in [-0.2, -0.15) is 4.99 Å². The number of hydrogen-bond donors (Lipinski definition) is 0. The first-order valence-electron chi connectivity index (χ1n) is 7.45. The minimum absolute atomic E-state index is 0.331. The number of benzene rings is 2. The molecule has 0 N–H and O–H groups in total. The molecule has 3 heteroatoms. The lowest BCUT2D eigenvalue weighted by molar-refractivity contribution is -0.130. The summed E-state index contributed by atoms with van der Waals surface area (Å²) < 4.78 is 5.97. The van der Waals surface area contributed by atoms with E-state index in [1.807, 2.05) is 61.5 Å². The number of ether oxygens (including phenoxy) is 1. The van der Waals surface area contributed by atoms with Crippen molar-refractivity contribution in [2.24, 2.45) is 4.99 Å². The van der Waals surface area contributed by atoms with Crippen molar-refractivity contribution in [2.75, 3.05) is 0 Å². The van der Waals surface area contributed by atoms with Crippen LogP contribution in [0.4, 0.5) is 0 Å². The number of aryl methyl sites for hydroxylation is 1. The van der Waals surface area contributed by atoms with E-state index < -0.39 is 11.5 Å². The first kappa shape index (κ1) is 15.1. The van der Waals surface area contributed by atoms with Crippen LogP contribution in [0.15, 0.2) is 59.6 Å². The molecule has 2 aromatic carbocycles. The summed E-state index contributed by atoms with van der Waals surface area (Å²) in [6.07, 6.45) is 5.71. The Morgan fingerprint density at radius 2 is 1.91 bits per heavy atom. The molecule has 0 unspecified atom stereocenters. The van der Waals surface area contributed by atoms with Gasteiger partial charge in [-0.05, 0) is 31.5 Å². The highest BCUT2D eigenvalue weighted by Crippen LogP contribution is 2.36. The van der Waals surface area contributed by atoms with Gasteiger partial charge in [-0.1, -0.05) is 53.9 Å². The van der Waals surface area contributed by atoms with Crippen LogP contribution in [0.3, 0.4) is 0 Å². The quantitative estimate of drug-likeness (QED) is 0.814. The number of amides is 1. The zero-order valence-electron chi connectivity index (χ0n) is 13.1. The molecule has 1 amide bonds. The Balaban J connectivity index is 1.96. The number of hydrogen-bond acceptors (Lipinski definition) is 2. The highest BCUT2D eigenvalue weighted by molar-refractivity contribution is 6.09.